The van der Waals surface area contributed by atoms with Crippen LogP contribution in [0.5, 0.6) is 0 Å². The smallest absolute Gasteiger partial charge is 0.219 e. The zero-order valence-corrected chi connectivity index (χ0v) is 12.0. The molecule has 0 bridgehead atoms. The first-order valence-corrected chi connectivity index (χ1v) is 7.47. The second-order valence-corrected chi connectivity index (χ2v) is 5.74. The van der Waals surface area contributed by atoms with Crippen LogP contribution < -0.4 is 0 Å². The van der Waals surface area contributed by atoms with Crippen LogP contribution in [0, 0.1) is 0 Å². The molecule has 2 aliphatic heterocycles. The Labute approximate surface area is 119 Å². The Morgan fingerprint density at radius 2 is 2.25 bits per heavy atom. The van der Waals surface area contributed by atoms with Gasteiger partial charge in [-0.25, -0.2) is 0 Å². The monoisotopic (exact) mass is 277 g/mol. The molecule has 2 fully saturated rings. The van der Waals surface area contributed by atoms with Gasteiger partial charge in [0, 0.05) is 45.0 Å². The fourth-order valence-corrected chi connectivity index (χ4v) is 3.39. The topological polar surface area (TPSA) is 48.6 Å². The van der Waals surface area contributed by atoms with Crippen molar-refractivity contribution in [3.8, 4) is 0 Å². The van der Waals surface area contributed by atoms with Crippen LogP contribution in [0.2, 0.25) is 0 Å². The summed E-state index contributed by atoms with van der Waals surface area (Å²) >= 11 is 0. The van der Waals surface area contributed by atoms with Gasteiger partial charge in [0.2, 0.25) is 5.91 Å². The Morgan fingerprint density at radius 1 is 1.40 bits per heavy atom. The van der Waals surface area contributed by atoms with Gasteiger partial charge in [-0.3, -0.25) is 9.69 Å². The largest absolute Gasteiger partial charge is 0.374 e. The number of nitrogens with one attached hydrogen (secondary N) is 1. The van der Waals surface area contributed by atoms with Gasteiger partial charge in [-0.2, -0.15) is 0 Å². The number of rotatable bonds is 2. The summed E-state index contributed by atoms with van der Waals surface area (Å²) in [4.78, 5) is 19.5. The number of ether oxygens (including phenoxy) is 1. The predicted octanol–water partition coefficient (Wildman–Crippen LogP) is 1.23. The summed E-state index contributed by atoms with van der Waals surface area (Å²) < 4.78 is 5.90. The molecule has 1 aromatic rings. The lowest BCUT2D eigenvalue weighted by Gasteiger charge is -2.39. The standard InChI is InChI=1S/C15H23N3O2/c1-12(19)18-9-10-20-15-5-8-17(7-4-14(15)18)11-13-3-2-6-16-13/h2-3,6,14-16H,4-5,7-11H2,1H3/t14-,15+/m1/s1. The van der Waals surface area contributed by atoms with E-state index in [1.807, 2.05) is 17.2 Å². The number of H-pyrrole nitrogens is 1. The zero-order valence-electron chi connectivity index (χ0n) is 12.0. The molecule has 5 nitrogen and oxygen atoms in total. The zero-order chi connectivity index (χ0) is 13.9. The van der Waals surface area contributed by atoms with Crippen LogP contribution >= 0.6 is 0 Å². The molecule has 110 valence electrons. The van der Waals surface area contributed by atoms with Gasteiger partial charge >= 0.3 is 0 Å². The summed E-state index contributed by atoms with van der Waals surface area (Å²) in [5.41, 5.74) is 1.25. The second-order valence-electron chi connectivity index (χ2n) is 5.74. The van der Waals surface area contributed by atoms with E-state index >= 15 is 0 Å². The molecule has 0 spiro atoms. The first-order valence-electron chi connectivity index (χ1n) is 7.47. The number of morpholine rings is 1. The van der Waals surface area contributed by atoms with E-state index < -0.39 is 0 Å². The summed E-state index contributed by atoms with van der Waals surface area (Å²) in [6.45, 7) is 6.10. The van der Waals surface area contributed by atoms with Gasteiger partial charge < -0.3 is 14.6 Å². The molecule has 1 aromatic heterocycles. The van der Waals surface area contributed by atoms with Gasteiger partial charge in [0.15, 0.2) is 0 Å². The van der Waals surface area contributed by atoms with E-state index in [0.29, 0.717) is 6.61 Å². The maximum Gasteiger partial charge on any atom is 0.219 e. The van der Waals surface area contributed by atoms with E-state index in [4.69, 9.17) is 4.74 Å². The van der Waals surface area contributed by atoms with Crippen LogP contribution in [0.4, 0.5) is 0 Å². The predicted molar refractivity (Wildman–Crippen MR) is 76.2 cm³/mol. The Balaban J connectivity index is 1.64. The van der Waals surface area contributed by atoms with Crippen LogP contribution in [0.3, 0.4) is 0 Å². The number of fused-ring (bicyclic) bond motifs is 1. The normalized spacial score (nSPS) is 27.9. The average molecular weight is 277 g/mol. The van der Waals surface area contributed by atoms with Crippen LogP contribution in [-0.2, 0) is 16.1 Å². The van der Waals surface area contributed by atoms with Gasteiger partial charge in [-0.15, -0.1) is 0 Å². The lowest BCUT2D eigenvalue weighted by Crippen LogP contribution is -2.52. The van der Waals surface area contributed by atoms with E-state index in [0.717, 1.165) is 39.0 Å². The van der Waals surface area contributed by atoms with E-state index in [-0.39, 0.29) is 18.1 Å². The number of aromatic amines is 1. The minimum absolute atomic E-state index is 0.182. The molecule has 3 heterocycles. The molecule has 1 amide bonds. The number of amides is 1. The minimum Gasteiger partial charge on any atom is -0.374 e. The van der Waals surface area contributed by atoms with Crippen molar-refractivity contribution in [2.24, 2.45) is 0 Å². The maximum atomic E-state index is 11.8. The van der Waals surface area contributed by atoms with Gasteiger partial charge in [-0.05, 0) is 25.0 Å². The van der Waals surface area contributed by atoms with E-state index in [1.165, 1.54) is 5.69 Å². The number of hydrogen-bond acceptors (Lipinski definition) is 3. The van der Waals surface area contributed by atoms with Crippen LogP contribution in [0.25, 0.3) is 0 Å². The molecule has 0 saturated carbocycles. The summed E-state index contributed by atoms with van der Waals surface area (Å²) in [7, 11) is 0. The third-order valence-corrected chi connectivity index (χ3v) is 4.43. The summed E-state index contributed by atoms with van der Waals surface area (Å²) in [6, 6.07) is 4.42. The molecule has 1 N–H and O–H groups in total. The number of hydrogen-bond donors (Lipinski definition) is 1. The fraction of sp³-hybridized carbons (Fsp3) is 0.667. The summed E-state index contributed by atoms with van der Waals surface area (Å²) in [6.07, 6.45) is 4.19. The third-order valence-electron chi connectivity index (χ3n) is 4.43. The van der Waals surface area contributed by atoms with Crippen molar-refractivity contribution in [1.29, 1.82) is 0 Å². The Kier molecular flexibility index (Phi) is 4.08. The Morgan fingerprint density at radius 3 is 3.00 bits per heavy atom. The number of likely N-dealkylation sites (tertiary alicyclic amines) is 1. The second kappa shape index (κ2) is 5.97. The molecular weight excluding hydrogens is 254 g/mol. The third kappa shape index (κ3) is 2.88. The van der Waals surface area contributed by atoms with Crippen molar-refractivity contribution in [1.82, 2.24) is 14.8 Å². The Hall–Kier alpha value is -1.33. The van der Waals surface area contributed by atoms with Crippen molar-refractivity contribution in [2.75, 3.05) is 26.2 Å². The van der Waals surface area contributed by atoms with Crippen LogP contribution in [0.1, 0.15) is 25.5 Å². The van der Waals surface area contributed by atoms with Gasteiger partial charge in [0.25, 0.3) is 0 Å². The van der Waals surface area contributed by atoms with Crippen LogP contribution in [-0.4, -0.2) is 59.1 Å². The maximum absolute atomic E-state index is 11.8. The fourth-order valence-electron chi connectivity index (χ4n) is 3.39. The first-order chi connectivity index (χ1) is 9.74. The molecule has 0 aromatic carbocycles. The van der Waals surface area contributed by atoms with Gasteiger partial charge in [0.05, 0.1) is 18.8 Å². The SMILES string of the molecule is CC(=O)N1CCO[C@H]2CCN(Cc3ccc[nH]3)CC[C@H]21. The minimum atomic E-state index is 0.182. The number of aromatic nitrogens is 1. The van der Waals surface area contributed by atoms with E-state index in [2.05, 4.69) is 16.0 Å². The van der Waals surface area contributed by atoms with Gasteiger partial charge in [-0.1, -0.05) is 0 Å². The quantitative estimate of drug-likeness (QED) is 0.884. The highest BCUT2D eigenvalue weighted by Crippen LogP contribution is 2.24. The van der Waals surface area contributed by atoms with Crippen molar-refractivity contribution < 1.29 is 9.53 Å². The number of carbonyl (C=O) groups is 1. The van der Waals surface area contributed by atoms with E-state index in [1.54, 1.807) is 6.92 Å². The number of carbonyl (C=O) groups excluding carboxylic acids is 1. The molecule has 2 aliphatic rings. The first kappa shape index (κ1) is 13.6. The highest BCUT2D eigenvalue weighted by molar-refractivity contribution is 5.73. The van der Waals surface area contributed by atoms with Crippen molar-refractivity contribution in [3.63, 3.8) is 0 Å². The Bertz CT molecular complexity index is 446. The lowest BCUT2D eigenvalue weighted by molar-refractivity contribution is -0.144. The molecule has 5 heteroatoms. The highest BCUT2D eigenvalue weighted by atomic mass is 16.5. The molecule has 0 radical (unpaired) electrons. The van der Waals surface area contributed by atoms with E-state index in [9.17, 15) is 4.79 Å². The summed E-state index contributed by atoms with van der Waals surface area (Å²) in [5.74, 6) is 0.182. The molecule has 20 heavy (non-hydrogen) atoms. The molecular formula is C15H23N3O2. The molecule has 3 rings (SSSR count). The lowest BCUT2D eigenvalue weighted by atomic mass is 10.0. The van der Waals surface area contributed by atoms with Gasteiger partial charge in [0.1, 0.15) is 0 Å². The molecule has 0 unspecified atom stereocenters. The highest BCUT2D eigenvalue weighted by Gasteiger charge is 2.35. The molecule has 0 aliphatic carbocycles. The molecule has 2 saturated heterocycles. The van der Waals surface area contributed by atoms with Crippen molar-refractivity contribution in [3.05, 3.63) is 24.0 Å². The summed E-state index contributed by atoms with van der Waals surface area (Å²) in [5, 5.41) is 0. The van der Waals surface area contributed by atoms with Crippen molar-refractivity contribution in [2.45, 2.75) is 38.5 Å². The number of nitrogens with zero attached hydrogens (tertiary/aromatic N) is 2. The van der Waals surface area contributed by atoms with Crippen molar-refractivity contribution >= 4 is 5.91 Å². The van der Waals surface area contributed by atoms with Crippen LogP contribution in [0.15, 0.2) is 18.3 Å². The average Bonchev–Trinajstić information content (AvgIpc) is 2.86. The molecule has 2 atom stereocenters.